The van der Waals surface area contributed by atoms with Gasteiger partial charge in [-0.15, -0.1) is 0 Å². The van der Waals surface area contributed by atoms with E-state index in [2.05, 4.69) is 93.0 Å². The molecule has 0 amide bonds. The molecule has 120 valence electrons. The molecule has 2 heterocycles. The van der Waals surface area contributed by atoms with Crippen LogP contribution in [0.3, 0.4) is 0 Å². The van der Waals surface area contributed by atoms with Gasteiger partial charge in [-0.1, -0.05) is 43.3 Å². The van der Waals surface area contributed by atoms with Crippen LogP contribution in [0, 0.1) is 6.92 Å². The lowest BCUT2D eigenvalue weighted by Gasteiger charge is -2.24. The molecule has 2 aromatic heterocycles. The van der Waals surface area contributed by atoms with Gasteiger partial charge in [-0.2, -0.15) is 0 Å². The zero-order valence-corrected chi connectivity index (χ0v) is 14.6. The molecule has 1 atom stereocenters. The van der Waals surface area contributed by atoms with E-state index in [1.165, 1.54) is 11.1 Å². The predicted octanol–water partition coefficient (Wildman–Crippen LogP) is 5.00. The number of fused-ring (bicyclic) bond motifs is 1. The molecule has 0 saturated heterocycles. The smallest absolute Gasteiger partial charge is 0.138 e. The first-order chi connectivity index (χ1) is 10.8. The number of rotatable bonds is 3. The Morgan fingerprint density at radius 2 is 1.74 bits per heavy atom. The summed E-state index contributed by atoms with van der Waals surface area (Å²) < 4.78 is 2.18. The number of imidazole rings is 1. The third-order valence-corrected chi connectivity index (χ3v) is 4.00. The lowest BCUT2D eigenvalue weighted by Crippen LogP contribution is -2.27. The van der Waals surface area contributed by atoms with Gasteiger partial charge in [-0.3, -0.25) is 4.40 Å². The van der Waals surface area contributed by atoms with Crippen LogP contribution in [-0.2, 0) is 0 Å². The number of nitrogens with one attached hydrogen (secondary N) is 1. The molecule has 0 aliphatic rings. The minimum absolute atomic E-state index is 0.0229. The van der Waals surface area contributed by atoms with Gasteiger partial charge >= 0.3 is 0 Å². The van der Waals surface area contributed by atoms with Gasteiger partial charge in [0.25, 0.3) is 0 Å². The molecule has 3 rings (SSSR count). The molecule has 0 bridgehead atoms. The zero-order chi connectivity index (χ0) is 16.6. The molecule has 0 fully saturated rings. The highest BCUT2D eigenvalue weighted by Gasteiger charge is 2.22. The fourth-order valence-corrected chi connectivity index (χ4v) is 2.85. The minimum Gasteiger partial charge on any atom is -0.365 e. The van der Waals surface area contributed by atoms with E-state index in [4.69, 9.17) is 4.98 Å². The quantitative estimate of drug-likeness (QED) is 0.737. The summed E-state index contributed by atoms with van der Waals surface area (Å²) in [7, 11) is 0. The van der Waals surface area contributed by atoms with Gasteiger partial charge in [0.2, 0.25) is 0 Å². The highest BCUT2D eigenvalue weighted by molar-refractivity contribution is 5.59. The SMILES string of the molecule is Cc1ccc2nc(C(C)c3ccccc3)c(NC(C)(C)C)n2c1. The second-order valence-electron chi connectivity index (χ2n) is 7.29. The van der Waals surface area contributed by atoms with Gasteiger partial charge < -0.3 is 5.32 Å². The predicted molar refractivity (Wildman–Crippen MR) is 97.3 cm³/mol. The van der Waals surface area contributed by atoms with Gasteiger partial charge in [0.1, 0.15) is 11.5 Å². The highest BCUT2D eigenvalue weighted by Crippen LogP contribution is 2.32. The van der Waals surface area contributed by atoms with Crippen LogP contribution in [-0.4, -0.2) is 14.9 Å². The van der Waals surface area contributed by atoms with Crippen molar-refractivity contribution < 1.29 is 0 Å². The Bertz CT molecular complexity index is 810. The van der Waals surface area contributed by atoms with Crippen LogP contribution in [0.4, 0.5) is 5.82 Å². The van der Waals surface area contributed by atoms with E-state index in [1.807, 2.05) is 0 Å². The van der Waals surface area contributed by atoms with Crippen molar-refractivity contribution >= 4 is 11.5 Å². The average molecular weight is 307 g/mol. The first kappa shape index (κ1) is 15.6. The Labute approximate surface area is 138 Å². The van der Waals surface area contributed by atoms with Crippen molar-refractivity contribution in [2.45, 2.75) is 46.1 Å². The lowest BCUT2D eigenvalue weighted by molar-refractivity contribution is 0.626. The molecule has 3 heteroatoms. The highest BCUT2D eigenvalue weighted by atomic mass is 15.2. The molecule has 3 aromatic rings. The number of pyridine rings is 1. The first-order valence-corrected chi connectivity index (χ1v) is 8.17. The maximum atomic E-state index is 4.91. The first-order valence-electron chi connectivity index (χ1n) is 8.17. The van der Waals surface area contributed by atoms with Gasteiger partial charge in [0, 0.05) is 17.7 Å². The molecular weight excluding hydrogens is 282 g/mol. The summed E-state index contributed by atoms with van der Waals surface area (Å²) in [5.74, 6) is 1.33. The van der Waals surface area contributed by atoms with E-state index in [9.17, 15) is 0 Å². The molecule has 1 aromatic carbocycles. The van der Waals surface area contributed by atoms with E-state index < -0.39 is 0 Å². The van der Waals surface area contributed by atoms with Crippen LogP contribution in [0.5, 0.6) is 0 Å². The Kier molecular flexibility index (Phi) is 3.88. The van der Waals surface area contributed by atoms with Gasteiger partial charge in [-0.25, -0.2) is 4.98 Å². The minimum atomic E-state index is -0.0229. The van der Waals surface area contributed by atoms with E-state index in [0.717, 1.165) is 17.2 Å². The third kappa shape index (κ3) is 3.24. The van der Waals surface area contributed by atoms with Crippen LogP contribution < -0.4 is 5.32 Å². The molecule has 3 nitrogen and oxygen atoms in total. The Morgan fingerprint density at radius 3 is 2.39 bits per heavy atom. The fraction of sp³-hybridized carbons (Fsp3) is 0.350. The number of aromatic nitrogens is 2. The van der Waals surface area contributed by atoms with E-state index in [0.29, 0.717) is 0 Å². The van der Waals surface area contributed by atoms with Gasteiger partial charge in [0.05, 0.1) is 5.69 Å². The summed E-state index contributed by atoms with van der Waals surface area (Å²) in [5, 5.41) is 3.65. The van der Waals surface area contributed by atoms with Gasteiger partial charge in [0.15, 0.2) is 0 Å². The molecule has 0 aliphatic heterocycles. The number of hydrogen-bond acceptors (Lipinski definition) is 2. The monoisotopic (exact) mass is 307 g/mol. The molecule has 1 unspecified atom stereocenters. The van der Waals surface area contributed by atoms with Crippen molar-refractivity contribution in [1.29, 1.82) is 0 Å². The van der Waals surface area contributed by atoms with Crippen LogP contribution in [0.1, 0.15) is 50.4 Å². The molecule has 0 spiro atoms. The van der Waals surface area contributed by atoms with Gasteiger partial charge in [-0.05, 0) is 44.9 Å². The maximum absolute atomic E-state index is 4.91. The molecule has 0 aliphatic carbocycles. The third-order valence-electron chi connectivity index (χ3n) is 4.00. The fourth-order valence-electron chi connectivity index (χ4n) is 2.85. The summed E-state index contributed by atoms with van der Waals surface area (Å²) in [6, 6.07) is 14.8. The lowest BCUT2D eigenvalue weighted by atomic mass is 9.97. The maximum Gasteiger partial charge on any atom is 0.138 e. The Balaban J connectivity index is 2.17. The average Bonchev–Trinajstić information content (AvgIpc) is 2.84. The second-order valence-corrected chi connectivity index (χ2v) is 7.29. The Morgan fingerprint density at radius 1 is 1.04 bits per heavy atom. The topological polar surface area (TPSA) is 29.3 Å². The normalized spacial score (nSPS) is 13.3. The van der Waals surface area contributed by atoms with Crippen molar-refractivity contribution in [2.24, 2.45) is 0 Å². The van der Waals surface area contributed by atoms with Crippen molar-refractivity contribution in [3.05, 3.63) is 65.5 Å². The molecule has 1 N–H and O–H groups in total. The van der Waals surface area contributed by atoms with Crippen molar-refractivity contribution in [2.75, 3.05) is 5.32 Å². The van der Waals surface area contributed by atoms with Crippen LogP contribution in [0.15, 0.2) is 48.7 Å². The van der Waals surface area contributed by atoms with Crippen LogP contribution >= 0.6 is 0 Å². The number of aryl methyl sites for hydroxylation is 1. The number of nitrogens with zero attached hydrogens (tertiary/aromatic N) is 2. The van der Waals surface area contributed by atoms with E-state index in [1.54, 1.807) is 0 Å². The summed E-state index contributed by atoms with van der Waals surface area (Å²) in [4.78, 5) is 4.91. The molecule has 23 heavy (non-hydrogen) atoms. The Hall–Kier alpha value is -2.29. The zero-order valence-electron chi connectivity index (χ0n) is 14.6. The van der Waals surface area contributed by atoms with Crippen molar-refractivity contribution in [1.82, 2.24) is 9.38 Å². The molecule has 0 saturated carbocycles. The van der Waals surface area contributed by atoms with Crippen LogP contribution in [0.2, 0.25) is 0 Å². The van der Waals surface area contributed by atoms with E-state index >= 15 is 0 Å². The standard InChI is InChI=1S/C20H25N3/c1-14-11-12-17-21-18(15(2)16-9-7-6-8-10-16)19(23(17)13-14)22-20(3,4)5/h6-13,15,22H,1-5H3. The van der Waals surface area contributed by atoms with Crippen LogP contribution in [0.25, 0.3) is 5.65 Å². The van der Waals surface area contributed by atoms with E-state index in [-0.39, 0.29) is 11.5 Å². The van der Waals surface area contributed by atoms with Crippen molar-refractivity contribution in [3.63, 3.8) is 0 Å². The van der Waals surface area contributed by atoms with Crippen molar-refractivity contribution in [3.8, 4) is 0 Å². The number of benzene rings is 1. The number of hydrogen-bond donors (Lipinski definition) is 1. The number of anilines is 1. The molecular formula is C20H25N3. The summed E-state index contributed by atoms with van der Waals surface area (Å²) >= 11 is 0. The summed E-state index contributed by atoms with van der Waals surface area (Å²) in [5.41, 5.74) is 4.57. The summed E-state index contributed by atoms with van der Waals surface area (Å²) in [6.07, 6.45) is 2.15. The largest absolute Gasteiger partial charge is 0.365 e. The summed E-state index contributed by atoms with van der Waals surface area (Å²) in [6.45, 7) is 10.9. The molecule has 0 radical (unpaired) electrons. The second kappa shape index (κ2) is 5.73.